The minimum absolute atomic E-state index is 0.0132. The Kier molecular flexibility index (Phi) is 3.01. The zero-order valence-electron chi connectivity index (χ0n) is 9.09. The molecule has 0 aliphatic carbocycles. The van der Waals surface area contributed by atoms with E-state index in [-0.39, 0.29) is 29.3 Å². The molecule has 3 N–H and O–H groups in total. The number of rotatable bonds is 2. The van der Waals surface area contributed by atoms with Crippen LogP contribution in [0.4, 0.5) is 5.82 Å². The topological polar surface area (TPSA) is 102 Å². The van der Waals surface area contributed by atoms with Crippen LogP contribution in [0, 0.1) is 0 Å². The summed E-state index contributed by atoms with van der Waals surface area (Å²) < 4.78 is 22.5. The van der Waals surface area contributed by atoms with Gasteiger partial charge in [0.25, 0.3) is 5.91 Å². The second kappa shape index (κ2) is 4.33. The SMILES string of the molecule is Nc1cc(C(=O)NC2CCS(=O)(=O)C2)ccn1. The van der Waals surface area contributed by atoms with Gasteiger partial charge in [0.2, 0.25) is 0 Å². The van der Waals surface area contributed by atoms with Crippen LogP contribution in [0.5, 0.6) is 0 Å². The predicted molar refractivity (Wildman–Crippen MR) is 63.2 cm³/mol. The number of nitrogens with one attached hydrogen (secondary N) is 1. The first kappa shape index (κ1) is 11.8. The fourth-order valence-corrected chi connectivity index (χ4v) is 3.44. The van der Waals surface area contributed by atoms with Crippen molar-refractivity contribution in [3.05, 3.63) is 23.9 Å². The Labute approximate surface area is 99.1 Å². The molecule has 0 spiro atoms. The molecule has 17 heavy (non-hydrogen) atoms. The summed E-state index contributed by atoms with van der Waals surface area (Å²) in [7, 11) is -2.98. The van der Waals surface area contributed by atoms with E-state index in [1.54, 1.807) is 0 Å². The van der Waals surface area contributed by atoms with Crippen molar-refractivity contribution in [1.82, 2.24) is 10.3 Å². The summed E-state index contributed by atoms with van der Waals surface area (Å²) in [6.07, 6.45) is 1.91. The second-order valence-corrected chi connectivity index (χ2v) is 6.27. The standard InChI is InChI=1S/C10H13N3O3S/c11-9-5-7(1-3-12-9)10(14)13-8-2-4-17(15,16)6-8/h1,3,5,8H,2,4,6H2,(H2,11,12)(H,13,14). The van der Waals surface area contributed by atoms with Gasteiger partial charge in [0.1, 0.15) is 5.82 Å². The fourth-order valence-electron chi connectivity index (χ4n) is 1.77. The van der Waals surface area contributed by atoms with Crippen LogP contribution in [0.1, 0.15) is 16.8 Å². The van der Waals surface area contributed by atoms with Crippen LogP contribution in [0.3, 0.4) is 0 Å². The number of nitrogens with two attached hydrogens (primary N) is 1. The average molecular weight is 255 g/mol. The molecule has 1 amide bonds. The highest BCUT2D eigenvalue weighted by atomic mass is 32.2. The van der Waals surface area contributed by atoms with Crippen molar-refractivity contribution in [3.8, 4) is 0 Å². The molecule has 1 aromatic rings. The van der Waals surface area contributed by atoms with Crippen molar-refractivity contribution in [2.75, 3.05) is 17.2 Å². The Morgan fingerprint density at radius 1 is 1.53 bits per heavy atom. The molecule has 1 aliphatic rings. The summed E-state index contributed by atoms with van der Waals surface area (Å²) in [6.45, 7) is 0. The van der Waals surface area contributed by atoms with E-state index >= 15 is 0 Å². The molecule has 6 nitrogen and oxygen atoms in total. The molecule has 0 saturated carbocycles. The van der Waals surface area contributed by atoms with E-state index < -0.39 is 9.84 Å². The van der Waals surface area contributed by atoms with Gasteiger partial charge in [-0.15, -0.1) is 0 Å². The van der Waals surface area contributed by atoms with Gasteiger partial charge in [0, 0.05) is 17.8 Å². The fraction of sp³-hybridized carbons (Fsp3) is 0.400. The number of pyridine rings is 1. The van der Waals surface area contributed by atoms with E-state index in [0.717, 1.165) is 0 Å². The molecule has 7 heteroatoms. The third-order valence-electron chi connectivity index (χ3n) is 2.61. The number of nitrogens with zero attached hydrogens (tertiary/aromatic N) is 1. The summed E-state index contributed by atoms with van der Waals surface area (Å²) in [5.41, 5.74) is 5.85. The molecule has 1 unspecified atom stereocenters. The van der Waals surface area contributed by atoms with Gasteiger partial charge < -0.3 is 11.1 Å². The van der Waals surface area contributed by atoms with E-state index in [2.05, 4.69) is 10.3 Å². The van der Waals surface area contributed by atoms with Crippen molar-refractivity contribution < 1.29 is 13.2 Å². The van der Waals surface area contributed by atoms with Crippen molar-refractivity contribution >= 4 is 21.6 Å². The Morgan fingerprint density at radius 2 is 2.29 bits per heavy atom. The second-order valence-electron chi connectivity index (χ2n) is 4.04. The van der Waals surface area contributed by atoms with Crippen molar-refractivity contribution in [1.29, 1.82) is 0 Å². The monoisotopic (exact) mass is 255 g/mol. The largest absolute Gasteiger partial charge is 0.384 e. The van der Waals surface area contributed by atoms with E-state index in [1.165, 1.54) is 18.3 Å². The summed E-state index contributed by atoms with van der Waals surface area (Å²) in [4.78, 5) is 15.6. The van der Waals surface area contributed by atoms with Crippen molar-refractivity contribution in [3.63, 3.8) is 0 Å². The molecular weight excluding hydrogens is 242 g/mol. The summed E-state index contributed by atoms with van der Waals surface area (Å²) in [5, 5.41) is 2.68. The Hall–Kier alpha value is -1.63. The minimum atomic E-state index is -2.98. The first-order valence-corrected chi connectivity index (χ1v) is 7.01. The van der Waals surface area contributed by atoms with Gasteiger partial charge in [-0.2, -0.15) is 0 Å². The maximum absolute atomic E-state index is 11.8. The van der Waals surface area contributed by atoms with Crippen LogP contribution in [0.15, 0.2) is 18.3 Å². The highest BCUT2D eigenvalue weighted by Crippen LogP contribution is 2.12. The van der Waals surface area contributed by atoms with Crippen LogP contribution in [-0.4, -0.2) is 36.9 Å². The third-order valence-corrected chi connectivity index (χ3v) is 4.38. The van der Waals surface area contributed by atoms with E-state index in [4.69, 9.17) is 5.73 Å². The van der Waals surface area contributed by atoms with Gasteiger partial charge in [-0.1, -0.05) is 0 Å². The number of carbonyl (C=O) groups excluding carboxylic acids is 1. The van der Waals surface area contributed by atoms with E-state index in [1.807, 2.05) is 0 Å². The lowest BCUT2D eigenvalue weighted by Crippen LogP contribution is -2.35. The Bertz CT molecular complexity index is 541. The van der Waals surface area contributed by atoms with Crippen LogP contribution in [0.25, 0.3) is 0 Å². The normalized spacial score (nSPS) is 22.2. The molecule has 2 rings (SSSR count). The molecule has 0 bridgehead atoms. The van der Waals surface area contributed by atoms with Crippen LogP contribution < -0.4 is 11.1 Å². The van der Waals surface area contributed by atoms with Crippen LogP contribution in [-0.2, 0) is 9.84 Å². The van der Waals surface area contributed by atoms with Crippen LogP contribution in [0.2, 0.25) is 0 Å². The van der Waals surface area contributed by atoms with Crippen molar-refractivity contribution in [2.24, 2.45) is 0 Å². The maximum Gasteiger partial charge on any atom is 0.251 e. The van der Waals surface area contributed by atoms with Gasteiger partial charge in [0.15, 0.2) is 9.84 Å². The highest BCUT2D eigenvalue weighted by molar-refractivity contribution is 7.91. The quantitative estimate of drug-likeness (QED) is 0.747. The molecule has 92 valence electrons. The maximum atomic E-state index is 11.8. The predicted octanol–water partition coefficient (Wildman–Crippen LogP) is -0.419. The highest BCUT2D eigenvalue weighted by Gasteiger charge is 2.29. The number of nitrogen functional groups attached to an aromatic ring is 1. The van der Waals surface area contributed by atoms with Gasteiger partial charge in [0.05, 0.1) is 11.5 Å². The Morgan fingerprint density at radius 3 is 2.88 bits per heavy atom. The number of carbonyl (C=O) groups is 1. The number of anilines is 1. The van der Waals surface area contributed by atoms with Crippen molar-refractivity contribution in [2.45, 2.75) is 12.5 Å². The lowest BCUT2D eigenvalue weighted by atomic mass is 10.2. The zero-order valence-corrected chi connectivity index (χ0v) is 9.90. The molecule has 1 aliphatic heterocycles. The summed E-state index contributed by atoms with van der Waals surface area (Å²) in [5.74, 6) is 0.0910. The molecule has 1 aromatic heterocycles. The van der Waals surface area contributed by atoms with E-state index in [0.29, 0.717) is 12.0 Å². The first-order chi connectivity index (χ1) is 7.96. The molecular formula is C10H13N3O3S. The van der Waals surface area contributed by atoms with Gasteiger partial charge in [-0.3, -0.25) is 4.79 Å². The first-order valence-electron chi connectivity index (χ1n) is 5.19. The third kappa shape index (κ3) is 2.94. The molecule has 2 heterocycles. The Balaban J connectivity index is 2.03. The van der Waals surface area contributed by atoms with E-state index in [9.17, 15) is 13.2 Å². The summed E-state index contributed by atoms with van der Waals surface area (Å²) in [6, 6.07) is 2.69. The van der Waals surface area contributed by atoms with Gasteiger partial charge in [-0.05, 0) is 18.6 Å². The minimum Gasteiger partial charge on any atom is -0.384 e. The average Bonchev–Trinajstić information content (AvgIpc) is 2.58. The molecule has 1 saturated heterocycles. The smallest absolute Gasteiger partial charge is 0.251 e. The lowest BCUT2D eigenvalue weighted by molar-refractivity contribution is 0.0941. The molecule has 1 fully saturated rings. The van der Waals surface area contributed by atoms with Gasteiger partial charge in [-0.25, -0.2) is 13.4 Å². The molecule has 0 aromatic carbocycles. The number of aromatic nitrogens is 1. The van der Waals surface area contributed by atoms with Crippen LogP contribution >= 0.6 is 0 Å². The summed E-state index contributed by atoms with van der Waals surface area (Å²) >= 11 is 0. The van der Waals surface area contributed by atoms with Gasteiger partial charge >= 0.3 is 0 Å². The number of hydrogen-bond donors (Lipinski definition) is 2. The number of amides is 1. The lowest BCUT2D eigenvalue weighted by Gasteiger charge is -2.10. The molecule has 1 atom stereocenters. The molecule has 0 radical (unpaired) electrons. The zero-order chi connectivity index (χ0) is 12.5. The number of sulfone groups is 1. The number of hydrogen-bond acceptors (Lipinski definition) is 5.